The monoisotopic (exact) mass is 356 g/mol. The van der Waals surface area contributed by atoms with Gasteiger partial charge < -0.3 is 9.80 Å². The largest absolute Gasteiger partial charge is 0.341 e. The van der Waals surface area contributed by atoms with Crippen LogP contribution in [-0.4, -0.2) is 40.7 Å². The van der Waals surface area contributed by atoms with E-state index in [1.54, 1.807) is 0 Å². The third kappa shape index (κ3) is 4.46. The molecule has 1 aliphatic heterocycles. The van der Waals surface area contributed by atoms with E-state index in [9.17, 15) is 9.59 Å². The fraction of sp³-hybridized carbons (Fsp3) is 0.636. The minimum Gasteiger partial charge on any atom is -0.341 e. The highest BCUT2D eigenvalue weighted by Gasteiger charge is 2.39. The Morgan fingerprint density at radius 1 is 1.19 bits per heavy atom. The predicted octanol–water partition coefficient (Wildman–Crippen LogP) is 3.77. The number of aryl methyl sites for hydroxylation is 1. The molecular formula is C22H32N2O2. The normalized spacial score (nSPS) is 20.8. The van der Waals surface area contributed by atoms with Crippen molar-refractivity contribution >= 4 is 11.8 Å². The number of hydrogen-bond donors (Lipinski definition) is 0. The molecule has 0 radical (unpaired) electrons. The lowest BCUT2D eigenvalue weighted by atomic mass is 9.90. The Morgan fingerprint density at radius 2 is 1.92 bits per heavy atom. The molecule has 1 saturated carbocycles. The average Bonchev–Trinajstić information content (AvgIpc) is 3.43. The Morgan fingerprint density at radius 3 is 2.54 bits per heavy atom. The molecule has 1 unspecified atom stereocenters. The molecule has 2 fully saturated rings. The molecule has 4 nitrogen and oxygen atoms in total. The molecule has 3 rings (SSSR count). The molecule has 0 spiro atoms. The van der Waals surface area contributed by atoms with Crippen molar-refractivity contribution in [1.29, 1.82) is 0 Å². The van der Waals surface area contributed by atoms with E-state index in [1.165, 1.54) is 11.1 Å². The molecule has 0 aromatic heterocycles. The maximum atomic E-state index is 13.3. The highest BCUT2D eigenvalue weighted by molar-refractivity contribution is 5.84. The van der Waals surface area contributed by atoms with Gasteiger partial charge in [-0.1, -0.05) is 50.6 Å². The molecule has 1 atom stereocenters. The van der Waals surface area contributed by atoms with E-state index in [1.807, 2.05) is 25.7 Å². The van der Waals surface area contributed by atoms with Crippen molar-refractivity contribution in [3.05, 3.63) is 35.4 Å². The first kappa shape index (κ1) is 18.9. The van der Waals surface area contributed by atoms with E-state index in [0.717, 1.165) is 32.2 Å². The first-order valence-electron chi connectivity index (χ1n) is 9.91. The number of rotatable bonds is 4. The van der Waals surface area contributed by atoms with Crippen LogP contribution in [0.4, 0.5) is 0 Å². The van der Waals surface area contributed by atoms with E-state index in [2.05, 4.69) is 36.1 Å². The SMILES string of the molecule is Cc1cccc(CN(C(=O)C2CCCN(C(=O)C(C)(C)C)C2)C2CC2)c1. The summed E-state index contributed by atoms with van der Waals surface area (Å²) in [6.45, 7) is 9.99. The van der Waals surface area contributed by atoms with Crippen molar-refractivity contribution in [2.24, 2.45) is 11.3 Å². The van der Waals surface area contributed by atoms with Crippen molar-refractivity contribution in [3.63, 3.8) is 0 Å². The molecule has 4 heteroatoms. The predicted molar refractivity (Wildman–Crippen MR) is 104 cm³/mol. The van der Waals surface area contributed by atoms with Crippen LogP contribution in [-0.2, 0) is 16.1 Å². The van der Waals surface area contributed by atoms with Crippen molar-refractivity contribution in [2.45, 2.75) is 66.0 Å². The van der Waals surface area contributed by atoms with Crippen LogP contribution in [0.5, 0.6) is 0 Å². The zero-order chi connectivity index (χ0) is 18.9. The average molecular weight is 357 g/mol. The third-order valence-corrected chi connectivity index (χ3v) is 5.41. The van der Waals surface area contributed by atoms with E-state index >= 15 is 0 Å². The van der Waals surface area contributed by atoms with Gasteiger partial charge in [0.2, 0.25) is 11.8 Å². The number of likely N-dealkylation sites (tertiary alicyclic amines) is 1. The smallest absolute Gasteiger partial charge is 0.228 e. The van der Waals surface area contributed by atoms with Gasteiger partial charge in [-0.2, -0.15) is 0 Å². The van der Waals surface area contributed by atoms with Gasteiger partial charge in [0.1, 0.15) is 0 Å². The number of nitrogens with zero attached hydrogens (tertiary/aromatic N) is 2. The number of benzene rings is 1. The molecular weight excluding hydrogens is 324 g/mol. The van der Waals surface area contributed by atoms with Crippen LogP contribution >= 0.6 is 0 Å². The highest BCUT2D eigenvalue weighted by atomic mass is 16.2. The van der Waals surface area contributed by atoms with Gasteiger partial charge in [0.05, 0.1) is 5.92 Å². The lowest BCUT2D eigenvalue weighted by molar-refractivity contribution is -0.145. The van der Waals surface area contributed by atoms with Crippen LogP contribution < -0.4 is 0 Å². The van der Waals surface area contributed by atoms with Crippen LogP contribution in [0, 0.1) is 18.3 Å². The molecule has 2 aliphatic rings. The number of piperidine rings is 1. The summed E-state index contributed by atoms with van der Waals surface area (Å²) >= 11 is 0. The maximum absolute atomic E-state index is 13.3. The van der Waals surface area contributed by atoms with Crippen molar-refractivity contribution in [1.82, 2.24) is 9.80 Å². The molecule has 0 bridgehead atoms. The van der Waals surface area contributed by atoms with Gasteiger partial charge in [-0.05, 0) is 38.2 Å². The molecule has 1 saturated heterocycles. The molecule has 2 amide bonds. The zero-order valence-corrected chi connectivity index (χ0v) is 16.6. The second kappa shape index (κ2) is 7.42. The summed E-state index contributed by atoms with van der Waals surface area (Å²) in [4.78, 5) is 29.9. The summed E-state index contributed by atoms with van der Waals surface area (Å²) in [5, 5.41) is 0. The first-order valence-corrected chi connectivity index (χ1v) is 9.91. The standard InChI is InChI=1S/C22H32N2O2/c1-16-7-5-8-17(13-16)14-24(19-10-11-19)20(25)18-9-6-12-23(15-18)21(26)22(2,3)4/h5,7-8,13,18-19H,6,9-12,14-15H2,1-4H3. The van der Waals surface area contributed by atoms with Crippen LogP contribution in [0.25, 0.3) is 0 Å². The molecule has 0 N–H and O–H groups in total. The number of carbonyl (C=O) groups is 2. The topological polar surface area (TPSA) is 40.6 Å². The molecule has 26 heavy (non-hydrogen) atoms. The second-order valence-corrected chi connectivity index (χ2v) is 9.03. The van der Waals surface area contributed by atoms with Crippen LogP contribution in [0.2, 0.25) is 0 Å². The van der Waals surface area contributed by atoms with Crippen LogP contribution in [0.15, 0.2) is 24.3 Å². The van der Waals surface area contributed by atoms with Gasteiger partial charge in [0.25, 0.3) is 0 Å². The molecule has 1 aromatic rings. The lowest BCUT2D eigenvalue weighted by Crippen LogP contribution is -2.49. The van der Waals surface area contributed by atoms with Gasteiger partial charge >= 0.3 is 0 Å². The highest BCUT2D eigenvalue weighted by Crippen LogP contribution is 2.32. The van der Waals surface area contributed by atoms with E-state index < -0.39 is 0 Å². The summed E-state index contributed by atoms with van der Waals surface area (Å²) in [7, 11) is 0. The Bertz CT molecular complexity index is 673. The second-order valence-electron chi connectivity index (χ2n) is 9.03. The number of hydrogen-bond acceptors (Lipinski definition) is 2. The van der Waals surface area contributed by atoms with Crippen molar-refractivity contribution in [2.75, 3.05) is 13.1 Å². The summed E-state index contributed by atoms with van der Waals surface area (Å²) in [6.07, 6.45) is 4.02. The number of amides is 2. The van der Waals surface area contributed by atoms with E-state index in [0.29, 0.717) is 19.1 Å². The van der Waals surface area contributed by atoms with Crippen LogP contribution in [0.3, 0.4) is 0 Å². The summed E-state index contributed by atoms with van der Waals surface area (Å²) < 4.78 is 0. The Kier molecular flexibility index (Phi) is 5.40. The van der Waals surface area contributed by atoms with Crippen molar-refractivity contribution in [3.8, 4) is 0 Å². The van der Waals surface area contributed by atoms with Gasteiger partial charge in [0, 0.05) is 31.1 Å². The molecule has 142 valence electrons. The van der Waals surface area contributed by atoms with Crippen molar-refractivity contribution < 1.29 is 9.59 Å². The Hall–Kier alpha value is -1.84. The van der Waals surface area contributed by atoms with E-state index in [-0.39, 0.29) is 23.1 Å². The third-order valence-electron chi connectivity index (χ3n) is 5.41. The fourth-order valence-corrected chi connectivity index (χ4v) is 3.85. The Labute approximate surface area is 157 Å². The zero-order valence-electron chi connectivity index (χ0n) is 16.6. The quantitative estimate of drug-likeness (QED) is 0.824. The van der Waals surface area contributed by atoms with Gasteiger partial charge in [-0.25, -0.2) is 0 Å². The van der Waals surface area contributed by atoms with Gasteiger partial charge in [0.15, 0.2) is 0 Å². The first-order chi connectivity index (χ1) is 12.3. The molecule has 1 aromatic carbocycles. The minimum absolute atomic E-state index is 0.0551. The molecule has 1 aliphatic carbocycles. The fourth-order valence-electron chi connectivity index (χ4n) is 3.85. The summed E-state index contributed by atoms with van der Waals surface area (Å²) in [5.74, 6) is 0.340. The van der Waals surface area contributed by atoms with Gasteiger partial charge in [-0.15, -0.1) is 0 Å². The molecule has 1 heterocycles. The number of carbonyl (C=O) groups excluding carboxylic acids is 2. The summed E-state index contributed by atoms with van der Waals surface area (Å²) in [5.41, 5.74) is 2.04. The van der Waals surface area contributed by atoms with Gasteiger partial charge in [-0.3, -0.25) is 9.59 Å². The minimum atomic E-state index is -0.386. The Balaban J connectivity index is 1.70. The van der Waals surface area contributed by atoms with E-state index in [4.69, 9.17) is 0 Å². The van der Waals surface area contributed by atoms with Crippen LogP contribution in [0.1, 0.15) is 57.6 Å². The summed E-state index contributed by atoms with van der Waals surface area (Å²) in [6, 6.07) is 8.80. The lowest BCUT2D eigenvalue weighted by Gasteiger charge is -2.37. The maximum Gasteiger partial charge on any atom is 0.228 e.